The van der Waals surface area contributed by atoms with Gasteiger partial charge in [-0.2, -0.15) is 5.10 Å². The van der Waals surface area contributed by atoms with Crippen molar-refractivity contribution in [2.24, 2.45) is 5.10 Å². The minimum absolute atomic E-state index is 0.349. The standard InChI is InChI=1S/C8H15N3O2/c1-8(2,3)13-7(12)11-5-4-9-10-6-11/h6,9H,4-5H2,1-3H3. The third kappa shape index (κ3) is 3.31. The Morgan fingerprint density at radius 3 is 2.77 bits per heavy atom. The summed E-state index contributed by atoms with van der Waals surface area (Å²) in [7, 11) is 0. The van der Waals surface area contributed by atoms with Crippen LogP contribution in [0.1, 0.15) is 20.8 Å². The van der Waals surface area contributed by atoms with Crippen molar-refractivity contribution < 1.29 is 9.53 Å². The Morgan fingerprint density at radius 2 is 2.31 bits per heavy atom. The number of ether oxygens (including phenoxy) is 1. The topological polar surface area (TPSA) is 53.9 Å². The van der Waals surface area contributed by atoms with Crippen molar-refractivity contribution in [2.75, 3.05) is 13.1 Å². The first kappa shape index (κ1) is 9.83. The van der Waals surface area contributed by atoms with Gasteiger partial charge in [0.05, 0.1) is 6.54 Å². The molecule has 0 unspecified atom stereocenters. The van der Waals surface area contributed by atoms with Gasteiger partial charge in [0.1, 0.15) is 11.9 Å². The van der Waals surface area contributed by atoms with Gasteiger partial charge in [-0.25, -0.2) is 4.79 Å². The first-order chi connectivity index (χ1) is 5.99. The summed E-state index contributed by atoms with van der Waals surface area (Å²) in [6.45, 7) is 6.77. The van der Waals surface area contributed by atoms with E-state index in [2.05, 4.69) is 10.5 Å². The summed E-state index contributed by atoms with van der Waals surface area (Å²) in [5.74, 6) is 0. The minimum Gasteiger partial charge on any atom is -0.443 e. The van der Waals surface area contributed by atoms with E-state index in [0.29, 0.717) is 13.1 Å². The van der Waals surface area contributed by atoms with E-state index in [0.717, 1.165) is 0 Å². The Labute approximate surface area is 77.7 Å². The zero-order chi connectivity index (χ0) is 9.90. The summed E-state index contributed by atoms with van der Waals surface area (Å²) in [5.41, 5.74) is 2.30. The molecule has 13 heavy (non-hydrogen) atoms. The molecule has 0 spiro atoms. The zero-order valence-corrected chi connectivity index (χ0v) is 8.20. The van der Waals surface area contributed by atoms with E-state index >= 15 is 0 Å². The Morgan fingerprint density at radius 1 is 1.62 bits per heavy atom. The Balaban J connectivity index is 2.47. The predicted octanol–water partition coefficient (Wildman–Crippen LogP) is 0.770. The quantitative estimate of drug-likeness (QED) is 0.606. The fourth-order valence-corrected chi connectivity index (χ4v) is 0.862. The molecule has 0 aliphatic carbocycles. The van der Waals surface area contributed by atoms with Crippen molar-refractivity contribution in [1.29, 1.82) is 0 Å². The first-order valence-corrected chi connectivity index (χ1v) is 4.25. The van der Waals surface area contributed by atoms with E-state index < -0.39 is 5.60 Å². The Hall–Kier alpha value is -1.26. The molecule has 1 amide bonds. The van der Waals surface area contributed by atoms with Gasteiger partial charge in [-0.05, 0) is 20.8 Å². The van der Waals surface area contributed by atoms with E-state index in [-0.39, 0.29) is 6.09 Å². The van der Waals surface area contributed by atoms with Crippen LogP contribution in [0.25, 0.3) is 0 Å². The van der Waals surface area contributed by atoms with Gasteiger partial charge in [0.2, 0.25) is 0 Å². The van der Waals surface area contributed by atoms with Crippen LogP contribution in [0.5, 0.6) is 0 Å². The molecule has 0 aromatic rings. The first-order valence-electron chi connectivity index (χ1n) is 4.25. The number of carbonyl (C=O) groups is 1. The summed E-state index contributed by atoms with van der Waals surface area (Å²) in [5, 5.41) is 3.76. The van der Waals surface area contributed by atoms with Crippen LogP contribution in [-0.4, -0.2) is 36.0 Å². The van der Waals surface area contributed by atoms with Crippen LogP contribution in [0.15, 0.2) is 5.10 Å². The normalized spacial score (nSPS) is 16.7. The largest absolute Gasteiger partial charge is 0.443 e. The third-order valence-corrected chi connectivity index (χ3v) is 1.38. The van der Waals surface area contributed by atoms with Gasteiger partial charge in [0, 0.05) is 6.54 Å². The molecule has 0 saturated heterocycles. The number of hydrazone groups is 1. The monoisotopic (exact) mass is 185 g/mol. The van der Waals surface area contributed by atoms with E-state index in [1.807, 2.05) is 20.8 Å². The van der Waals surface area contributed by atoms with Gasteiger partial charge in [0.25, 0.3) is 0 Å². The van der Waals surface area contributed by atoms with Crippen LogP contribution in [0.2, 0.25) is 0 Å². The van der Waals surface area contributed by atoms with Crippen molar-refractivity contribution in [3.8, 4) is 0 Å². The molecule has 0 fully saturated rings. The lowest BCUT2D eigenvalue weighted by atomic mass is 10.2. The third-order valence-electron chi connectivity index (χ3n) is 1.38. The van der Waals surface area contributed by atoms with E-state index in [1.165, 1.54) is 11.2 Å². The lowest BCUT2D eigenvalue weighted by Gasteiger charge is -2.26. The fraction of sp³-hybridized carbons (Fsp3) is 0.750. The summed E-state index contributed by atoms with van der Waals surface area (Å²) in [4.78, 5) is 12.8. The maximum atomic E-state index is 11.4. The fourth-order valence-electron chi connectivity index (χ4n) is 0.862. The molecule has 0 aromatic carbocycles. The van der Waals surface area contributed by atoms with E-state index in [1.54, 1.807) is 0 Å². The second-order valence-corrected chi connectivity index (χ2v) is 3.83. The van der Waals surface area contributed by atoms with E-state index in [9.17, 15) is 4.79 Å². The molecular formula is C8H15N3O2. The maximum Gasteiger partial charge on any atom is 0.415 e. The van der Waals surface area contributed by atoms with Gasteiger partial charge in [-0.15, -0.1) is 0 Å². The molecule has 0 saturated carbocycles. The number of hydrogen-bond donors (Lipinski definition) is 1. The van der Waals surface area contributed by atoms with Gasteiger partial charge in [-0.1, -0.05) is 0 Å². The molecule has 1 N–H and O–H groups in total. The number of amides is 1. The van der Waals surface area contributed by atoms with Gasteiger partial charge >= 0.3 is 6.09 Å². The Bertz CT molecular complexity index is 220. The lowest BCUT2D eigenvalue weighted by molar-refractivity contribution is 0.0371. The molecule has 0 radical (unpaired) electrons. The van der Waals surface area contributed by atoms with Crippen LogP contribution >= 0.6 is 0 Å². The van der Waals surface area contributed by atoms with Crippen molar-refractivity contribution in [3.63, 3.8) is 0 Å². The molecular weight excluding hydrogens is 170 g/mol. The highest BCUT2D eigenvalue weighted by atomic mass is 16.6. The average molecular weight is 185 g/mol. The van der Waals surface area contributed by atoms with Crippen molar-refractivity contribution in [2.45, 2.75) is 26.4 Å². The summed E-state index contributed by atoms with van der Waals surface area (Å²) in [6, 6.07) is 0. The number of nitrogens with one attached hydrogen (secondary N) is 1. The Kier molecular flexibility index (Phi) is 2.75. The van der Waals surface area contributed by atoms with Crippen molar-refractivity contribution >= 4 is 12.4 Å². The van der Waals surface area contributed by atoms with Gasteiger partial charge < -0.3 is 10.2 Å². The van der Waals surface area contributed by atoms with Crippen LogP contribution in [0.4, 0.5) is 4.79 Å². The molecule has 0 aromatic heterocycles. The van der Waals surface area contributed by atoms with E-state index in [4.69, 9.17) is 4.74 Å². The highest BCUT2D eigenvalue weighted by molar-refractivity contribution is 5.82. The smallest absolute Gasteiger partial charge is 0.415 e. The molecule has 74 valence electrons. The maximum absolute atomic E-state index is 11.4. The number of carbonyl (C=O) groups excluding carboxylic acids is 1. The molecule has 1 aliphatic rings. The predicted molar refractivity (Wildman–Crippen MR) is 49.4 cm³/mol. The van der Waals surface area contributed by atoms with Crippen LogP contribution in [-0.2, 0) is 4.74 Å². The minimum atomic E-state index is -0.449. The molecule has 0 atom stereocenters. The zero-order valence-electron chi connectivity index (χ0n) is 8.20. The van der Waals surface area contributed by atoms with Crippen molar-refractivity contribution in [3.05, 3.63) is 0 Å². The summed E-state index contributed by atoms with van der Waals surface area (Å²) < 4.78 is 5.15. The molecule has 5 nitrogen and oxygen atoms in total. The molecule has 1 rings (SSSR count). The summed E-state index contributed by atoms with van der Waals surface area (Å²) in [6.07, 6.45) is 1.09. The summed E-state index contributed by atoms with van der Waals surface area (Å²) >= 11 is 0. The van der Waals surface area contributed by atoms with Crippen molar-refractivity contribution in [1.82, 2.24) is 10.3 Å². The second-order valence-electron chi connectivity index (χ2n) is 3.83. The average Bonchev–Trinajstić information content (AvgIpc) is 2.03. The number of rotatable bonds is 0. The highest BCUT2D eigenvalue weighted by Gasteiger charge is 2.21. The number of nitrogens with zero attached hydrogens (tertiary/aromatic N) is 2. The molecule has 1 aliphatic heterocycles. The lowest BCUT2D eigenvalue weighted by Crippen LogP contribution is -2.42. The molecule has 1 heterocycles. The van der Waals surface area contributed by atoms with Crippen LogP contribution in [0, 0.1) is 0 Å². The SMILES string of the molecule is CC(C)(C)OC(=O)N1C=NNCC1. The van der Waals surface area contributed by atoms with Crippen LogP contribution < -0.4 is 5.43 Å². The molecule has 5 heteroatoms. The second kappa shape index (κ2) is 3.64. The molecule has 0 bridgehead atoms. The van der Waals surface area contributed by atoms with Gasteiger partial charge in [-0.3, -0.25) is 4.90 Å². The highest BCUT2D eigenvalue weighted by Crippen LogP contribution is 2.09. The number of hydrogen-bond acceptors (Lipinski definition) is 4. The van der Waals surface area contributed by atoms with Gasteiger partial charge in [0.15, 0.2) is 0 Å². The van der Waals surface area contributed by atoms with Crippen LogP contribution in [0.3, 0.4) is 0 Å².